The molecule has 1 saturated heterocycles. The van der Waals surface area contributed by atoms with Gasteiger partial charge in [0.25, 0.3) is 5.91 Å². The van der Waals surface area contributed by atoms with Gasteiger partial charge in [0.2, 0.25) is 0 Å². The zero-order valence-electron chi connectivity index (χ0n) is 15.7. The maximum atomic E-state index is 12.4. The Morgan fingerprint density at radius 3 is 2.38 bits per heavy atom. The number of amides is 1. The quantitative estimate of drug-likeness (QED) is 0.574. The zero-order valence-corrected chi connectivity index (χ0v) is 17.3. The molecule has 2 rings (SSSR count). The molecule has 0 spiro atoms. The highest BCUT2D eigenvalue weighted by Crippen LogP contribution is 2.34. The largest absolute Gasteiger partial charge is 0.465 e. The van der Waals surface area contributed by atoms with E-state index in [0.717, 1.165) is 26.2 Å². The predicted molar refractivity (Wildman–Crippen MR) is 107 cm³/mol. The molecule has 1 aromatic rings. The van der Waals surface area contributed by atoms with Gasteiger partial charge in [-0.25, -0.2) is 9.80 Å². The van der Waals surface area contributed by atoms with Gasteiger partial charge in [0.1, 0.15) is 5.00 Å². The third-order valence-electron chi connectivity index (χ3n) is 4.13. The number of hydrogen-bond acceptors (Lipinski definition) is 7. The first kappa shape index (κ1) is 20.6. The standard InChI is InChI=1S/C16H25N5O3S2/c1-10-11(15(23)24-5)13(26-12(10)14(22)19(2)3)17-16(25)18-21-8-6-20(4)7-9-21/h6-9H2,1-5H3,(H2,17,18,25). The minimum absolute atomic E-state index is 0.163. The first-order valence-electron chi connectivity index (χ1n) is 8.19. The van der Waals surface area contributed by atoms with Crippen molar-refractivity contribution in [2.45, 2.75) is 6.92 Å². The number of nitrogens with zero attached hydrogens (tertiary/aromatic N) is 3. The number of hydrazine groups is 1. The van der Waals surface area contributed by atoms with Gasteiger partial charge in [-0.3, -0.25) is 10.2 Å². The van der Waals surface area contributed by atoms with E-state index in [1.165, 1.54) is 23.3 Å². The van der Waals surface area contributed by atoms with Gasteiger partial charge in [-0.15, -0.1) is 11.3 Å². The van der Waals surface area contributed by atoms with Crippen LogP contribution in [0, 0.1) is 6.92 Å². The van der Waals surface area contributed by atoms with Crippen LogP contribution in [-0.4, -0.2) is 86.2 Å². The average Bonchev–Trinajstić information content (AvgIpc) is 2.91. The van der Waals surface area contributed by atoms with Crippen molar-refractivity contribution in [1.29, 1.82) is 0 Å². The number of hydrogen-bond donors (Lipinski definition) is 2. The Kier molecular flexibility index (Phi) is 6.93. The second-order valence-electron chi connectivity index (χ2n) is 6.31. The lowest BCUT2D eigenvalue weighted by Crippen LogP contribution is -2.53. The number of methoxy groups -OCH3 is 1. The Balaban J connectivity index is 2.19. The van der Waals surface area contributed by atoms with Crippen LogP contribution in [0.2, 0.25) is 0 Å². The van der Waals surface area contributed by atoms with E-state index >= 15 is 0 Å². The zero-order chi connectivity index (χ0) is 19.4. The number of nitrogens with one attached hydrogen (secondary N) is 2. The second kappa shape index (κ2) is 8.76. The molecule has 8 nitrogen and oxygen atoms in total. The summed E-state index contributed by atoms with van der Waals surface area (Å²) in [4.78, 5) is 28.8. The van der Waals surface area contributed by atoms with E-state index in [4.69, 9.17) is 17.0 Å². The number of carbonyl (C=O) groups is 2. The van der Waals surface area contributed by atoms with Gasteiger partial charge in [-0.05, 0) is 31.8 Å². The molecule has 0 unspecified atom stereocenters. The normalized spacial score (nSPS) is 15.4. The highest BCUT2D eigenvalue weighted by atomic mass is 32.1. The second-order valence-corrected chi connectivity index (χ2v) is 7.74. The van der Waals surface area contributed by atoms with Crippen molar-refractivity contribution in [2.24, 2.45) is 0 Å². The maximum Gasteiger partial charge on any atom is 0.341 e. The molecule has 0 bridgehead atoms. The molecule has 0 saturated carbocycles. The molecule has 10 heteroatoms. The Morgan fingerprint density at radius 1 is 1.23 bits per heavy atom. The number of anilines is 1. The highest BCUT2D eigenvalue weighted by molar-refractivity contribution is 7.80. The van der Waals surface area contributed by atoms with Crippen LogP contribution in [0.4, 0.5) is 5.00 Å². The van der Waals surface area contributed by atoms with Crippen molar-refractivity contribution in [2.75, 3.05) is 59.7 Å². The number of thiocarbonyl (C=S) groups is 1. The Hall–Kier alpha value is -1.75. The SMILES string of the molecule is COC(=O)c1c(NC(=S)NN2CCN(C)CC2)sc(C(=O)N(C)C)c1C. The molecule has 1 amide bonds. The Morgan fingerprint density at radius 2 is 1.85 bits per heavy atom. The molecule has 1 aliphatic heterocycles. The smallest absolute Gasteiger partial charge is 0.341 e. The molecule has 26 heavy (non-hydrogen) atoms. The lowest BCUT2D eigenvalue weighted by Gasteiger charge is -2.33. The molecular formula is C16H25N5O3S2. The summed E-state index contributed by atoms with van der Waals surface area (Å²) in [5, 5.41) is 5.96. The van der Waals surface area contributed by atoms with E-state index in [-0.39, 0.29) is 5.91 Å². The van der Waals surface area contributed by atoms with Gasteiger partial charge < -0.3 is 19.9 Å². The fourth-order valence-electron chi connectivity index (χ4n) is 2.55. The molecule has 0 aromatic carbocycles. The van der Waals surface area contributed by atoms with E-state index < -0.39 is 5.97 Å². The first-order valence-corrected chi connectivity index (χ1v) is 9.41. The summed E-state index contributed by atoms with van der Waals surface area (Å²) >= 11 is 6.58. The molecule has 2 heterocycles. The number of esters is 1. The number of piperazine rings is 1. The molecule has 0 aliphatic carbocycles. The summed E-state index contributed by atoms with van der Waals surface area (Å²) in [5.74, 6) is -0.662. The molecule has 1 aliphatic rings. The first-order chi connectivity index (χ1) is 12.2. The monoisotopic (exact) mass is 399 g/mol. The molecule has 144 valence electrons. The summed E-state index contributed by atoms with van der Waals surface area (Å²) < 4.78 is 4.88. The number of carbonyl (C=O) groups excluding carboxylic acids is 2. The fraction of sp³-hybridized carbons (Fsp3) is 0.562. The van der Waals surface area contributed by atoms with E-state index in [2.05, 4.69) is 22.7 Å². The van der Waals surface area contributed by atoms with Gasteiger partial charge >= 0.3 is 5.97 Å². The van der Waals surface area contributed by atoms with E-state index in [1.54, 1.807) is 21.0 Å². The third-order valence-corrected chi connectivity index (χ3v) is 5.52. The summed E-state index contributed by atoms with van der Waals surface area (Å²) in [6, 6.07) is 0. The van der Waals surface area contributed by atoms with Gasteiger partial charge in [0.05, 0.1) is 17.6 Å². The van der Waals surface area contributed by atoms with E-state index in [1.807, 2.05) is 5.01 Å². The highest BCUT2D eigenvalue weighted by Gasteiger charge is 2.27. The minimum Gasteiger partial charge on any atom is -0.465 e. The molecule has 1 fully saturated rings. The van der Waals surface area contributed by atoms with Crippen molar-refractivity contribution in [3.05, 3.63) is 16.0 Å². The summed E-state index contributed by atoms with van der Waals surface area (Å²) in [6.45, 7) is 5.32. The van der Waals surface area contributed by atoms with Gasteiger partial charge in [0.15, 0.2) is 5.11 Å². The van der Waals surface area contributed by atoms with Crippen LogP contribution in [0.5, 0.6) is 0 Å². The van der Waals surface area contributed by atoms with Crippen molar-refractivity contribution >= 4 is 45.5 Å². The fourth-order valence-corrected chi connectivity index (χ4v) is 4.07. The summed E-state index contributed by atoms with van der Waals surface area (Å²) in [6.07, 6.45) is 0. The number of ether oxygens (including phenoxy) is 1. The Labute approximate surface area is 163 Å². The topological polar surface area (TPSA) is 77.1 Å². The van der Waals surface area contributed by atoms with Crippen LogP contribution in [-0.2, 0) is 4.74 Å². The average molecular weight is 400 g/mol. The third kappa shape index (κ3) is 4.70. The van der Waals surface area contributed by atoms with Crippen molar-refractivity contribution in [1.82, 2.24) is 20.2 Å². The van der Waals surface area contributed by atoms with Crippen LogP contribution in [0.15, 0.2) is 0 Å². The predicted octanol–water partition coefficient (Wildman–Crippen LogP) is 0.994. The van der Waals surface area contributed by atoms with Gasteiger partial charge in [-0.1, -0.05) is 0 Å². The van der Waals surface area contributed by atoms with E-state index in [0.29, 0.717) is 26.1 Å². The molecule has 2 N–H and O–H groups in total. The van der Waals surface area contributed by atoms with Crippen LogP contribution < -0.4 is 10.7 Å². The minimum atomic E-state index is -0.499. The lowest BCUT2D eigenvalue weighted by molar-refractivity contribution is 0.0601. The van der Waals surface area contributed by atoms with Crippen LogP contribution in [0.25, 0.3) is 0 Å². The molecular weight excluding hydrogens is 374 g/mol. The van der Waals surface area contributed by atoms with Gasteiger partial charge in [0, 0.05) is 40.3 Å². The number of rotatable bonds is 4. The van der Waals surface area contributed by atoms with Crippen LogP contribution in [0.3, 0.4) is 0 Å². The molecule has 0 radical (unpaired) electrons. The van der Waals surface area contributed by atoms with Gasteiger partial charge in [-0.2, -0.15) is 0 Å². The summed E-state index contributed by atoms with van der Waals surface area (Å²) in [7, 11) is 6.74. The Bertz CT molecular complexity index is 696. The van der Waals surface area contributed by atoms with Crippen molar-refractivity contribution in [3.8, 4) is 0 Å². The van der Waals surface area contributed by atoms with Crippen molar-refractivity contribution < 1.29 is 14.3 Å². The number of likely N-dealkylation sites (N-methyl/N-ethyl adjacent to an activating group) is 1. The molecule has 0 atom stereocenters. The van der Waals surface area contributed by atoms with Crippen LogP contribution in [0.1, 0.15) is 25.6 Å². The van der Waals surface area contributed by atoms with E-state index in [9.17, 15) is 9.59 Å². The van der Waals surface area contributed by atoms with Crippen molar-refractivity contribution in [3.63, 3.8) is 0 Å². The number of thiophene rings is 1. The van der Waals surface area contributed by atoms with Crippen LogP contribution >= 0.6 is 23.6 Å². The molecule has 1 aromatic heterocycles. The lowest BCUT2D eigenvalue weighted by atomic mass is 10.1. The summed E-state index contributed by atoms with van der Waals surface area (Å²) in [5.41, 5.74) is 4.07. The maximum absolute atomic E-state index is 12.4.